The van der Waals surface area contributed by atoms with E-state index in [1.807, 2.05) is 4.90 Å². The van der Waals surface area contributed by atoms with Crippen LogP contribution in [-0.4, -0.2) is 119 Å². The van der Waals surface area contributed by atoms with Crippen molar-refractivity contribution in [2.45, 2.75) is 50.1 Å². The Labute approximate surface area is 216 Å². The zero-order chi connectivity index (χ0) is 26.0. The second kappa shape index (κ2) is 11.3. The highest BCUT2D eigenvalue weighted by atomic mass is 32.2. The van der Waals surface area contributed by atoms with Crippen LogP contribution in [-0.2, 0) is 19.6 Å². The third-order valence-electron chi connectivity index (χ3n) is 8.21. The van der Waals surface area contributed by atoms with E-state index in [-0.39, 0.29) is 31.7 Å². The van der Waals surface area contributed by atoms with Crippen molar-refractivity contribution in [3.63, 3.8) is 0 Å². The lowest BCUT2D eigenvalue weighted by Gasteiger charge is -2.36. The maximum atomic E-state index is 13.2. The molecule has 0 unspecified atom stereocenters. The van der Waals surface area contributed by atoms with Gasteiger partial charge in [0.15, 0.2) is 0 Å². The van der Waals surface area contributed by atoms with Crippen molar-refractivity contribution in [1.29, 1.82) is 0 Å². The number of hydrogen-bond donors (Lipinski definition) is 0. The number of nitrogens with zero attached hydrogens (tertiary/aromatic N) is 4. The number of methoxy groups -OCH3 is 1. The Hall–Kier alpha value is -1.72. The average molecular weight is 523 g/mol. The van der Waals surface area contributed by atoms with Crippen LogP contribution >= 0.6 is 0 Å². The number of carbonyl (C=O) groups is 1. The number of likely N-dealkylation sites (tertiary alicyclic amines) is 3. The lowest BCUT2D eigenvalue weighted by atomic mass is 10.0. The van der Waals surface area contributed by atoms with Crippen LogP contribution in [0.4, 0.5) is 0 Å². The number of hydrogen-bond acceptors (Lipinski definition) is 7. The summed E-state index contributed by atoms with van der Waals surface area (Å²) < 4.78 is 38.5. The van der Waals surface area contributed by atoms with Crippen molar-refractivity contribution in [2.24, 2.45) is 5.92 Å². The highest BCUT2D eigenvalue weighted by molar-refractivity contribution is 7.89. The van der Waals surface area contributed by atoms with Gasteiger partial charge < -0.3 is 19.3 Å². The minimum Gasteiger partial charge on any atom is -0.497 e. The second-order valence-electron chi connectivity index (χ2n) is 10.7. The molecule has 3 fully saturated rings. The SMILES string of the molecule is COc1cc(C)c(S(=O)(=O)N(C)CCOCC(=O)N2CC[C@@H]3CN(C4CCN(C)CC4)C[C@@H]32)c(C)c1. The molecule has 0 radical (unpaired) electrons. The van der Waals surface area contributed by atoms with Crippen LogP contribution in [0.1, 0.15) is 30.4 Å². The highest BCUT2D eigenvalue weighted by Gasteiger charge is 2.45. The van der Waals surface area contributed by atoms with E-state index >= 15 is 0 Å². The van der Waals surface area contributed by atoms with Gasteiger partial charge in [-0.3, -0.25) is 9.69 Å². The van der Waals surface area contributed by atoms with E-state index in [9.17, 15) is 13.2 Å². The summed E-state index contributed by atoms with van der Waals surface area (Å²) in [7, 11) is 1.61. The Balaban J connectivity index is 1.25. The number of amides is 1. The zero-order valence-corrected chi connectivity index (χ0v) is 23.2. The molecule has 9 nitrogen and oxygen atoms in total. The van der Waals surface area contributed by atoms with Crippen LogP contribution < -0.4 is 4.74 Å². The van der Waals surface area contributed by atoms with Gasteiger partial charge in [-0.15, -0.1) is 0 Å². The number of aryl methyl sites for hydroxylation is 2. The van der Waals surface area contributed by atoms with Gasteiger partial charge in [-0.05, 0) is 82.4 Å². The lowest BCUT2D eigenvalue weighted by molar-refractivity contribution is -0.137. The molecule has 1 amide bonds. The fourth-order valence-electron chi connectivity index (χ4n) is 6.11. The van der Waals surface area contributed by atoms with Gasteiger partial charge in [0.25, 0.3) is 0 Å². The molecule has 3 saturated heterocycles. The molecule has 202 valence electrons. The van der Waals surface area contributed by atoms with Gasteiger partial charge in [0.05, 0.1) is 18.6 Å². The topological polar surface area (TPSA) is 82.6 Å². The molecule has 36 heavy (non-hydrogen) atoms. The molecule has 0 aromatic heterocycles. The normalized spacial score (nSPS) is 24.0. The van der Waals surface area contributed by atoms with Crippen molar-refractivity contribution in [1.82, 2.24) is 19.0 Å². The number of likely N-dealkylation sites (N-methyl/N-ethyl adjacent to an activating group) is 1. The monoisotopic (exact) mass is 522 g/mol. The lowest BCUT2D eigenvalue weighted by Crippen LogP contribution is -2.46. The average Bonchev–Trinajstić information content (AvgIpc) is 3.42. The fraction of sp³-hybridized carbons (Fsp3) is 0.731. The van der Waals surface area contributed by atoms with Gasteiger partial charge in [-0.25, -0.2) is 8.42 Å². The Morgan fingerprint density at radius 3 is 2.39 bits per heavy atom. The maximum Gasteiger partial charge on any atom is 0.248 e. The summed E-state index contributed by atoms with van der Waals surface area (Å²) in [4.78, 5) is 20.2. The molecule has 10 heteroatoms. The quantitative estimate of drug-likeness (QED) is 0.456. The summed E-state index contributed by atoms with van der Waals surface area (Å²) in [6, 6.07) is 4.37. The predicted octanol–water partition coefficient (Wildman–Crippen LogP) is 1.58. The zero-order valence-electron chi connectivity index (χ0n) is 22.4. The van der Waals surface area contributed by atoms with Gasteiger partial charge in [-0.1, -0.05) is 0 Å². The highest BCUT2D eigenvalue weighted by Crippen LogP contribution is 2.34. The minimum absolute atomic E-state index is 0.00801. The van der Waals surface area contributed by atoms with E-state index in [1.54, 1.807) is 40.1 Å². The molecule has 3 aliphatic heterocycles. The van der Waals surface area contributed by atoms with Crippen molar-refractivity contribution < 1.29 is 22.7 Å². The van der Waals surface area contributed by atoms with E-state index < -0.39 is 10.0 Å². The summed E-state index contributed by atoms with van der Waals surface area (Å²) >= 11 is 0. The van der Waals surface area contributed by atoms with Gasteiger partial charge >= 0.3 is 0 Å². The Morgan fingerprint density at radius 2 is 1.75 bits per heavy atom. The predicted molar refractivity (Wildman–Crippen MR) is 139 cm³/mol. The van der Waals surface area contributed by atoms with Crippen molar-refractivity contribution in [2.75, 3.05) is 73.7 Å². The van der Waals surface area contributed by atoms with Gasteiger partial charge in [0.2, 0.25) is 15.9 Å². The summed E-state index contributed by atoms with van der Waals surface area (Å²) in [6.45, 7) is 9.02. The summed E-state index contributed by atoms with van der Waals surface area (Å²) in [5, 5.41) is 0. The number of fused-ring (bicyclic) bond motifs is 1. The molecular formula is C26H42N4O5S. The van der Waals surface area contributed by atoms with E-state index in [4.69, 9.17) is 9.47 Å². The van der Waals surface area contributed by atoms with Gasteiger partial charge in [-0.2, -0.15) is 4.31 Å². The first-order valence-corrected chi connectivity index (χ1v) is 14.5. The van der Waals surface area contributed by atoms with E-state index in [0.717, 1.165) is 39.1 Å². The van der Waals surface area contributed by atoms with Crippen LogP contribution in [0.25, 0.3) is 0 Å². The molecular weight excluding hydrogens is 480 g/mol. The standard InChI is InChI=1S/C26H42N4O5S/c1-19-14-23(34-5)15-20(2)26(19)36(32,33)28(4)12-13-35-18-25(31)30-11-6-21-16-29(17-24(21)30)22-7-9-27(3)10-8-22/h14-15,21-22,24H,6-13,16-18H2,1-5H3/t21-,24+/m1/s1. The number of carbonyl (C=O) groups excluding carboxylic acids is 1. The summed E-state index contributed by atoms with van der Waals surface area (Å²) in [6.07, 6.45) is 3.47. The third kappa shape index (κ3) is 5.72. The molecule has 0 spiro atoms. The molecule has 0 aliphatic carbocycles. The first kappa shape index (κ1) is 27.3. The van der Waals surface area contributed by atoms with Crippen LogP contribution in [0.3, 0.4) is 0 Å². The number of rotatable bonds is 9. The van der Waals surface area contributed by atoms with Crippen molar-refractivity contribution >= 4 is 15.9 Å². The molecule has 2 atom stereocenters. The Morgan fingerprint density at radius 1 is 1.08 bits per heavy atom. The molecule has 0 bridgehead atoms. The molecule has 3 aliphatic rings. The Bertz CT molecular complexity index is 1020. The molecule has 1 aromatic rings. The molecule has 0 N–H and O–H groups in total. The first-order chi connectivity index (χ1) is 17.1. The van der Waals surface area contributed by atoms with Gasteiger partial charge in [0, 0.05) is 45.3 Å². The third-order valence-corrected chi connectivity index (χ3v) is 10.4. The smallest absolute Gasteiger partial charge is 0.248 e. The van der Waals surface area contributed by atoms with Crippen molar-refractivity contribution in [3.05, 3.63) is 23.3 Å². The summed E-state index contributed by atoms with van der Waals surface area (Å²) in [5.74, 6) is 1.20. The van der Waals surface area contributed by atoms with Gasteiger partial charge in [0.1, 0.15) is 12.4 Å². The van der Waals surface area contributed by atoms with E-state index in [2.05, 4.69) is 16.8 Å². The van der Waals surface area contributed by atoms with Crippen LogP contribution in [0, 0.1) is 19.8 Å². The molecule has 1 aromatic carbocycles. The molecule has 3 heterocycles. The number of ether oxygens (including phenoxy) is 2. The molecule has 0 saturated carbocycles. The van der Waals surface area contributed by atoms with Crippen LogP contribution in [0.5, 0.6) is 5.75 Å². The molecule has 4 rings (SSSR count). The largest absolute Gasteiger partial charge is 0.497 e. The van der Waals surface area contributed by atoms with E-state index in [0.29, 0.717) is 33.7 Å². The van der Waals surface area contributed by atoms with Crippen LogP contribution in [0.2, 0.25) is 0 Å². The number of benzene rings is 1. The first-order valence-electron chi connectivity index (χ1n) is 13.0. The van der Waals surface area contributed by atoms with Crippen LogP contribution in [0.15, 0.2) is 17.0 Å². The summed E-state index contributed by atoms with van der Waals surface area (Å²) in [5.41, 5.74) is 1.29. The fourth-order valence-corrected chi connectivity index (χ4v) is 7.67. The van der Waals surface area contributed by atoms with E-state index in [1.165, 1.54) is 17.1 Å². The Kier molecular flexibility index (Phi) is 8.61. The number of sulfonamides is 1. The number of piperidine rings is 1. The maximum absolute atomic E-state index is 13.2. The minimum atomic E-state index is -3.68. The van der Waals surface area contributed by atoms with Crippen molar-refractivity contribution in [3.8, 4) is 5.75 Å². The second-order valence-corrected chi connectivity index (χ2v) is 12.6.